The Bertz CT molecular complexity index is 1060. The third kappa shape index (κ3) is 3.02. The highest BCUT2D eigenvalue weighted by atomic mass is 16.5. The number of hydrogen-bond acceptors (Lipinski definition) is 8. The van der Waals surface area contributed by atoms with Gasteiger partial charge < -0.3 is 33.2 Å². The first-order valence-electron chi connectivity index (χ1n) is 8.21. The zero-order valence-electron chi connectivity index (χ0n) is 16.1. The van der Waals surface area contributed by atoms with Gasteiger partial charge in [-0.25, -0.2) is 0 Å². The molecule has 0 radical (unpaired) electrons. The lowest BCUT2D eigenvalue weighted by Gasteiger charge is -2.14. The summed E-state index contributed by atoms with van der Waals surface area (Å²) < 4.78 is 32.2. The summed E-state index contributed by atoms with van der Waals surface area (Å²) in [6.07, 6.45) is 0. The highest BCUT2D eigenvalue weighted by Crippen LogP contribution is 2.44. The molecule has 2 aromatic carbocycles. The van der Waals surface area contributed by atoms with Crippen molar-refractivity contribution in [1.29, 1.82) is 0 Å². The molecule has 1 heterocycles. The summed E-state index contributed by atoms with van der Waals surface area (Å²) in [5, 5.41) is 10.3. The van der Waals surface area contributed by atoms with E-state index in [1.54, 1.807) is 18.2 Å². The topological polar surface area (TPSA) is 96.6 Å². The van der Waals surface area contributed by atoms with Crippen molar-refractivity contribution >= 4 is 11.0 Å². The van der Waals surface area contributed by atoms with Gasteiger partial charge in [0.1, 0.15) is 22.5 Å². The Morgan fingerprint density at radius 1 is 0.786 bits per heavy atom. The summed E-state index contributed by atoms with van der Waals surface area (Å²) in [6.45, 7) is 0. The van der Waals surface area contributed by atoms with Gasteiger partial charge in [-0.05, 0) is 12.1 Å². The first-order chi connectivity index (χ1) is 13.5. The fraction of sp³-hybridized carbons (Fsp3) is 0.250. The van der Waals surface area contributed by atoms with E-state index >= 15 is 0 Å². The average Bonchev–Trinajstić information content (AvgIpc) is 2.72. The van der Waals surface area contributed by atoms with E-state index in [0.29, 0.717) is 17.1 Å². The van der Waals surface area contributed by atoms with Gasteiger partial charge in [0, 0.05) is 17.7 Å². The lowest BCUT2D eigenvalue weighted by molar-refractivity contribution is 0.341. The Hall–Kier alpha value is -3.55. The summed E-state index contributed by atoms with van der Waals surface area (Å²) >= 11 is 0. The normalized spacial score (nSPS) is 10.6. The Balaban J connectivity index is 2.42. The van der Waals surface area contributed by atoms with Crippen LogP contribution in [0.15, 0.2) is 33.5 Å². The van der Waals surface area contributed by atoms with E-state index in [1.807, 2.05) is 0 Å². The molecule has 0 fully saturated rings. The second kappa shape index (κ2) is 7.59. The van der Waals surface area contributed by atoms with Crippen LogP contribution < -0.4 is 29.1 Å². The van der Waals surface area contributed by atoms with Crippen molar-refractivity contribution in [3.8, 4) is 45.8 Å². The van der Waals surface area contributed by atoms with Gasteiger partial charge in [-0.15, -0.1) is 0 Å². The van der Waals surface area contributed by atoms with Crippen LogP contribution in [0.2, 0.25) is 0 Å². The number of aromatic hydroxyl groups is 1. The predicted octanol–water partition coefficient (Wildman–Crippen LogP) is 3.21. The van der Waals surface area contributed by atoms with Gasteiger partial charge in [0.05, 0.1) is 35.5 Å². The SMILES string of the molecule is COc1cc(OC)cc(-c2oc3cc(OC)c(O)c(OC)c3c(=O)c2OC)c1. The Kier molecular flexibility index (Phi) is 5.21. The quantitative estimate of drug-likeness (QED) is 0.688. The third-order valence-electron chi connectivity index (χ3n) is 4.28. The Morgan fingerprint density at radius 3 is 1.89 bits per heavy atom. The number of rotatable bonds is 6. The van der Waals surface area contributed by atoms with E-state index in [-0.39, 0.29) is 39.7 Å². The molecule has 0 saturated heterocycles. The average molecular weight is 388 g/mol. The van der Waals surface area contributed by atoms with Crippen LogP contribution in [0.3, 0.4) is 0 Å². The first kappa shape index (κ1) is 19.2. The molecule has 0 aliphatic rings. The second-order valence-corrected chi connectivity index (χ2v) is 5.73. The van der Waals surface area contributed by atoms with Gasteiger partial charge in [0.2, 0.25) is 16.9 Å². The van der Waals surface area contributed by atoms with Gasteiger partial charge in [0.25, 0.3) is 0 Å². The van der Waals surface area contributed by atoms with E-state index in [2.05, 4.69) is 0 Å². The van der Waals surface area contributed by atoms with Gasteiger partial charge in [-0.2, -0.15) is 0 Å². The predicted molar refractivity (Wildman–Crippen MR) is 102 cm³/mol. The first-order valence-corrected chi connectivity index (χ1v) is 8.21. The summed E-state index contributed by atoms with van der Waals surface area (Å²) in [4.78, 5) is 13.1. The van der Waals surface area contributed by atoms with Crippen molar-refractivity contribution in [2.24, 2.45) is 0 Å². The van der Waals surface area contributed by atoms with Crippen LogP contribution >= 0.6 is 0 Å². The fourth-order valence-corrected chi connectivity index (χ4v) is 2.94. The van der Waals surface area contributed by atoms with Crippen molar-refractivity contribution in [3.63, 3.8) is 0 Å². The van der Waals surface area contributed by atoms with Crippen molar-refractivity contribution in [1.82, 2.24) is 0 Å². The zero-order chi connectivity index (χ0) is 20.4. The lowest BCUT2D eigenvalue weighted by atomic mass is 10.1. The molecule has 3 aromatic rings. The molecule has 0 atom stereocenters. The summed E-state index contributed by atoms with van der Waals surface area (Å²) in [7, 11) is 7.11. The van der Waals surface area contributed by atoms with Gasteiger partial charge in [-0.3, -0.25) is 4.79 Å². The van der Waals surface area contributed by atoms with E-state index in [4.69, 9.17) is 28.1 Å². The highest BCUT2D eigenvalue weighted by molar-refractivity contribution is 5.91. The van der Waals surface area contributed by atoms with Crippen LogP contribution in [0.1, 0.15) is 0 Å². The molecule has 3 rings (SSSR count). The number of fused-ring (bicyclic) bond motifs is 1. The van der Waals surface area contributed by atoms with Crippen molar-refractivity contribution in [2.75, 3.05) is 35.5 Å². The van der Waals surface area contributed by atoms with Crippen molar-refractivity contribution in [3.05, 3.63) is 34.5 Å². The standard InChI is InChI=1S/C20H20O8/c1-23-11-6-10(7-12(8-11)24-2)18-20(27-5)17(22)15-13(28-18)9-14(25-3)16(21)19(15)26-4/h6-9,21H,1-5H3. The molecular formula is C20H20O8. The van der Waals surface area contributed by atoms with E-state index in [1.165, 1.54) is 41.6 Å². The molecule has 8 heteroatoms. The maximum Gasteiger partial charge on any atom is 0.239 e. The minimum Gasteiger partial charge on any atom is -0.502 e. The number of benzene rings is 2. The second-order valence-electron chi connectivity index (χ2n) is 5.73. The van der Waals surface area contributed by atoms with Crippen LogP contribution in [0.25, 0.3) is 22.3 Å². The third-order valence-corrected chi connectivity index (χ3v) is 4.28. The fourth-order valence-electron chi connectivity index (χ4n) is 2.94. The summed E-state index contributed by atoms with van der Waals surface area (Å²) in [5.74, 6) is 0.892. The molecule has 0 aliphatic heterocycles. The largest absolute Gasteiger partial charge is 0.502 e. The Labute approximate surface area is 160 Å². The van der Waals surface area contributed by atoms with Gasteiger partial charge in [0.15, 0.2) is 17.3 Å². The highest BCUT2D eigenvalue weighted by Gasteiger charge is 2.24. The number of ether oxygens (including phenoxy) is 5. The minimum absolute atomic E-state index is 0.0382. The van der Waals surface area contributed by atoms with Crippen molar-refractivity contribution in [2.45, 2.75) is 0 Å². The van der Waals surface area contributed by atoms with Crippen LogP contribution in [0, 0.1) is 0 Å². The molecule has 0 aliphatic carbocycles. The van der Waals surface area contributed by atoms with E-state index < -0.39 is 5.43 Å². The molecule has 0 amide bonds. The lowest BCUT2D eigenvalue weighted by Crippen LogP contribution is -2.09. The minimum atomic E-state index is -0.504. The monoisotopic (exact) mass is 388 g/mol. The van der Waals surface area contributed by atoms with E-state index in [0.717, 1.165) is 0 Å². The van der Waals surface area contributed by atoms with Crippen LogP contribution in [0.5, 0.6) is 34.5 Å². The Morgan fingerprint density at radius 2 is 1.39 bits per heavy atom. The molecule has 1 aromatic heterocycles. The smallest absolute Gasteiger partial charge is 0.239 e. The zero-order valence-corrected chi connectivity index (χ0v) is 16.1. The maximum absolute atomic E-state index is 13.1. The molecule has 0 bridgehead atoms. The molecular weight excluding hydrogens is 368 g/mol. The number of hydrogen-bond donors (Lipinski definition) is 1. The maximum atomic E-state index is 13.1. The van der Waals surface area contributed by atoms with Crippen LogP contribution in [-0.4, -0.2) is 40.7 Å². The molecule has 28 heavy (non-hydrogen) atoms. The van der Waals surface area contributed by atoms with Crippen LogP contribution in [-0.2, 0) is 0 Å². The van der Waals surface area contributed by atoms with E-state index in [9.17, 15) is 9.90 Å². The summed E-state index contributed by atoms with van der Waals surface area (Å²) in [6, 6.07) is 6.47. The number of methoxy groups -OCH3 is 5. The molecule has 148 valence electrons. The molecule has 1 N–H and O–H groups in total. The van der Waals surface area contributed by atoms with Crippen LogP contribution in [0.4, 0.5) is 0 Å². The number of phenolic OH excluding ortho intramolecular Hbond substituents is 1. The molecule has 0 spiro atoms. The molecule has 0 saturated carbocycles. The number of phenols is 1. The molecule has 0 unspecified atom stereocenters. The van der Waals surface area contributed by atoms with Gasteiger partial charge >= 0.3 is 0 Å². The van der Waals surface area contributed by atoms with Crippen molar-refractivity contribution < 1.29 is 33.2 Å². The van der Waals surface area contributed by atoms with Gasteiger partial charge in [-0.1, -0.05) is 0 Å². The summed E-state index contributed by atoms with van der Waals surface area (Å²) in [5.41, 5.74) is 0.169. The molecule has 8 nitrogen and oxygen atoms in total.